The maximum atomic E-state index is 9.55. The van der Waals surface area contributed by atoms with Crippen molar-refractivity contribution in [3.63, 3.8) is 0 Å². The van der Waals surface area contributed by atoms with Crippen LogP contribution >= 0.6 is 0 Å². The Kier molecular flexibility index (Phi) is 6.37. The van der Waals surface area contributed by atoms with Crippen molar-refractivity contribution >= 4 is 11.9 Å². The molecule has 3 N–H and O–H groups in total. The monoisotopic (exact) mass is 211 g/mol. The summed E-state index contributed by atoms with van der Waals surface area (Å²) in [5.41, 5.74) is 1.25. The van der Waals surface area contributed by atoms with E-state index in [9.17, 15) is 9.59 Å². The molecule has 0 aliphatic carbocycles. The zero-order valence-electron chi connectivity index (χ0n) is 8.30. The van der Waals surface area contributed by atoms with Crippen LogP contribution in [0.15, 0.2) is 36.2 Å². The molecule has 0 radical (unpaired) electrons. The van der Waals surface area contributed by atoms with Crippen LogP contribution in [0.2, 0.25) is 0 Å². The van der Waals surface area contributed by atoms with E-state index in [1.54, 1.807) is 0 Å². The fourth-order valence-electron chi connectivity index (χ4n) is 0.705. The largest absolute Gasteiger partial charge is 0.478 e. The van der Waals surface area contributed by atoms with Crippen molar-refractivity contribution in [1.29, 1.82) is 0 Å². The van der Waals surface area contributed by atoms with Crippen LogP contribution in [0.5, 0.6) is 0 Å². The van der Waals surface area contributed by atoms with E-state index in [0.29, 0.717) is 12.2 Å². The van der Waals surface area contributed by atoms with Crippen LogP contribution in [0.25, 0.3) is 0 Å². The molecule has 0 spiro atoms. The fourth-order valence-corrected chi connectivity index (χ4v) is 0.705. The second-order valence-corrected chi connectivity index (χ2v) is 2.68. The lowest BCUT2D eigenvalue weighted by atomic mass is 10.3. The first-order valence-corrected chi connectivity index (χ1v) is 4.24. The van der Waals surface area contributed by atoms with Gasteiger partial charge in [-0.1, -0.05) is 12.2 Å². The summed E-state index contributed by atoms with van der Waals surface area (Å²) in [7, 11) is 0. The van der Waals surface area contributed by atoms with Crippen molar-refractivity contribution in [2.24, 2.45) is 0 Å². The number of carboxylic acid groups (broad SMARTS) is 2. The highest BCUT2D eigenvalue weighted by Crippen LogP contribution is 1.96. The van der Waals surface area contributed by atoms with Crippen molar-refractivity contribution in [2.75, 3.05) is 0 Å². The van der Waals surface area contributed by atoms with Gasteiger partial charge in [0.2, 0.25) is 0 Å². The Morgan fingerprint density at radius 3 is 2.07 bits per heavy atom. The van der Waals surface area contributed by atoms with Crippen molar-refractivity contribution < 1.29 is 19.8 Å². The first-order valence-electron chi connectivity index (χ1n) is 4.24. The smallest absolute Gasteiger partial charge is 0.328 e. The highest BCUT2D eigenvalue weighted by Gasteiger charge is 1.88. The molecule has 0 aromatic carbocycles. The van der Waals surface area contributed by atoms with Crippen LogP contribution in [-0.2, 0) is 9.59 Å². The van der Waals surface area contributed by atoms with Gasteiger partial charge in [-0.2, -0.15) is 0 Å². The summed E-state index contributed by atoms with van der Waals surface area (Å²) >= 11 is 0. The van der Waals surface area contributed by atoms with Gasteiger partial charge in [-0.05, 0) is 19.5 Å². The number of hydrogen-bond donors (Lipinski definition) is 3. The predicted octanol–water partition coefficient (Wildman–Crippen LogP) is 1.11. The molecular weight excluding hydrogens is 198 g/mol. The van der Waals surface area contributed by atoms with Gasteiger partial charge >= 0.3 is 11.9 Å². The van der Waals surface area contributed by atoms with Crippen molar-refractivity contribution in [2.45, 2.75) is 13.3 Å². The average Bonchev–Trinajstić information content (AvgIpc) is 2.17. The third kappa shape index (κ3) is 9.88. The summed E-state index contributed by atoms with van der Waals surface area (Å²) in [6, 6.07) is 0. The Hall–Kier alpha value is -2.04. The number of aliphatic carboxylic acids is 2. The molecule has 5 nitrogen and oxygen atoms in total. The first-order chi connectivity index (χ1) is 7.02. The Morgan fingerprint density at radius 1 is 1.33 bits per heavy atom. The molecule has 5 heteroatoms. The standard InChI is InChI=1S/C6H9N.C4H4O4/c1-6-4-2-3-5-7-6;5-3(6)1-2-4(7)8/h3-5,7H,2H2,1H3;1-2H,(H,5,6)(H,7,8)/b;2-1+. The van der Waals surface area contributed by atoms with E-state index in [1.165, 1.54) is 5.70 Å². The molecule has 0 saturated heterocycles. The molecule has 1 heterocycles. The highest BCUT2D eigenvalue weighted by molar-refractivity contribution is 5.89. The normalized spacial score (nSPS) is 13.5. The van der Waals surface area contributed by atoms with Crippen LogP contribution in [0.3, 0.4) is 0 Å². The van der Waals surface area contributed by atoms with Crippen LogP contribution < -0.4 is 5.32 Å². The number of allylic oxidation sites excluding steroid dienone is 3. The van der Waals surface area contributed by atoms with E-state index in [-0.39, 0.29) is 0 Å². The topological polar surface area (TPSA) is 86.6 Å². The molecule has 0 fully saturated rings. The number of carboxylic acids is 2. The van der Waals surface area contributed by atoms with Gasteiger partial charge in [-0.15, -0.1) is 0 Å². The Bertz CT molecular complexity index is 299. The summed E-state index contributed by atoms with van der Waals surface area (Å²) in [6.07, 6.45) is 8.41. The average molecular weight is 211 g/mol. The lowest BCUT2D eigenvalue weighted by Gasteiger charge is -2.02. The number of rotatable bonds is 2. The van der Waals surface area contributed by atoms with E-state index in [4.69, 9.17) is 10.2 Å². The molecule has 0 atom stereocenters. The number of carbonyl (C=O) groups is 2. The molecule has 0 saturated carbocycles. The molecule has 1 rings (SSSR count). The van der Waals surface area contributed by atoms with E-state index in [1.807, 2.05) is 6.20 Å². The van der Waals surface area contributed by atoms with E-state index < -0.39 is 11.9 Å². The first kappa shape index (κ1) is 13.0. The Balaban J connectivity index is 0.000000262. The van der Waals surface area contributed by atoms with Crippen molar-refractivity contribution in [1.82, 2.24) is 5.32 Å². The van der Waals surface area contributed by atoms with Crippen LogP contribution in [0.4, 0.5) is 0 Å². The summed E-state index contributed by atoms with van der Waals surface area (Å²) < 4.78 is 0. The quantitative estimate of drug-likeness (QED) is 0.595. The van der Waals surface area contributed by atoms with Gasteiger partial charge in [0.15, 0.2) is 0 Å². The third-order valence-electron chi connectivity index (χ3n) is 1.36. The third-order valence-corrected chi connectivity index (χ3v) is 1.36. The molecule has 15 heavy (non-hydrogen) atoms. The maximum absolute atomic E-state index is 9.55. The fraction of sp³-hybridized carbons (Fsp3) is 0.200. The molecule has 1 aliphatic heterocycles. The van der Waals surface area contributed by atoms with Crippen molar-refractivity contribution in [3.05, 3.63) is 36.2 Å². The second kappa shape index (κ2) is 7.37. The second-order valence-electron chi connectivity index (χ2n) is 2.68. The molecule has 0 amide bonds. The molecule has 82 valence electrons. The molecular formula is C10H13NO4. The minimum atomic E-state index is -1.26. The summed E-state index contributed by atoms with van der Waals surface area (Å²) in [6.45, 7) is 2.06. The lowest BCUT2D eigenvalue weighted by molar-refractivity contribution is -0.134. The van der Waals surface area contributed by atoms with Gasteiger partial charge in [-0.25, -0.2) is 9.59 Å². The van der Waals surface area contributed by atoms with E-state index >= 15 is 0 Å². The van der Waals surface area contributed by atoms with Gasteiger partial charge in [0.1, 0.15) is 0 Å². The zero-order chi connectivity index (χ0) is 11.7. The van der Waals surface area contributed by atoms with Gasteiger partial charge in [0.05, 0.1) is 0 Å². The van der Waals surface area contributed by atoms with Crippen molar-refractivity contribution in [3.8, 4) is 0 Å². The number of dihydropyridines is 1. The predicted molar refractivity (Wildman–Crippen MR) is 55.1 cm³/mol. The minimum absolute atomic E-state index is 0.558. The molecule has 0 bridgehead atoms. The van der Waals surface area contributed by atoms with E-state index in [0.717, 1.165) is 6.42 Å². The SMILES string of the molecule is CC1=CCC=CN1.O=C(O)/C=C/C(=O)O. The summed E-state index contributed by atoms with van der Waals surface area (Å²) in [5, 5.41) is 18.7. The molecule has 1 aliphatic rings. The van der Waals surface area contributed by atoms with Gasteiger partial charge in [0, 0.05) is 17.8 Å². The van der Waals surface area contributed by atoms with E-state index in [2.05, 4.69) is 24.4 Å². The zero-order valence-corrected chi connectivity index (χ0v) is 8.30. The summed E-state index contributed by atoms with van der Waals surface area (Å²) in [5.74, 6) is -2.51. The lowest BCUT2D eigenvalue weighted by Crippen LogP contribution is -2.02. The van der Waals surface area contributed by atoms with Gasteiger partial charge in [0.25, 0.3) is 0 Å². The van der Waals surface area contributed by atoms with Crippen LogP contribution in [-0.4, -0.2) is 22.2 Å². The molecule has 0 unspecified atom stereocenters. The Labute approximate surface area is 87.4 Å². The maximum Gasteiger partial charge on any atom is 0.328 e. The van der Waals surface area contributed by atoms with Gasteiger partial charge in [-0.3, -0.25) is 0 Å². The van der Waals surface area contributed by atoms with Crippen LogP contribution in [0, 0.1) is 0 Å². The molecule has 0 aromatic heterocycles. The number of nitrogens with one attached hydrogen (secondary N) is 1. The Morgan fingerprint density at radius 2 is 1.87 bits per heavy atom. The highest BCUT2D eigenvalue weighted by atomic mass is 16.4. The van der Waals surface area contributed by atoms with Crippen LogP contribution in [0.1, 0.15) is 13.3 Å². The van der Waals surface area contributed by atoms with Gasteiger partial charge < -0.3 is 15.5 Å². The number of hydrogen-bond acceptors (Lipinski definition) is 3. The molecule has 0 aromatic rings. The summed E-state index contributed by atoms with van der Waals surface area (Å²) in [4.78, 5) is 19.1. The minimum Gasteiger partial charge on any atom is -0.478 e.